The van der Waals surface area contributed by atoms with Crippen LogP contribution in [-0.2, 0) is 21.6 Å². The highest BCUT2D eigenvalue weighted by atomic mass is 16.5. The number of aryl methyl sites for hydroxylation is 1. The molecule has 1 saturated carbocycles. The summed E-state index contributed by atoms with van der Waals surface area (Å²) in [5.41, 5.74) is 3.03. The van der Waals surface area contributed by atoms with Crippen molar-refractivity contribution in [2.75, 3.05) is 31.6 Å². The summed E-state index contributed by atoms with van der Waals surface area (Å²) in [6, 6.07) is 0. The minimum Gasteiger partial charge on any atom is -0.376 e. The number of hydrogen-bond acceptors (Lipinski definition) is 5. The Morgan fingerprint density at radius 1 is 1.40 bits per heavy atom. The number of nitrogens with zero attached hydrogens (tertiary/aromatic N) is 3. The highest BCUT2D eigenvalue weighted by molar-refractivity contribution is 5.78. The van der Waals surface area contributed by atoms with Crippen molar-refractivity contribution in [1.82, 2.24) is 14.9 Å². The Bertz CT molecular complexity index is 686. The van der Waals surface area contributed by atoms with Crippen LogP contribution in [0.2, 0.25) is 0 Å². The number of rotatable bonds is 4. The van der Waals surface area contributed by atoms with Crippen LogP contribution < -0.4 is 5.32 Å². The van der Waals surface area contributed by atoms with Crippen molar-refractivity contribution >= 4 is 11.9 Å². The lowest BCUT2D eigenvalue weighted by Gasteiger charge is -2.35. The molecule has 1 saturated heterocycles. The zero-order valence-electron chi connectivity index (χ0n) is 15.5. The fraction of sp³-hybridized carbons (Fsp3) is 0.737. The highest BCUT2D eigenvalue weighted by Gasteiger charge is 2.47. The molecule has 0 unspecified atom stereocenters. The second-order valence-electron chi connectivity index (χ2n) is 8.22. The van der Waals surface area contributed by atoms with E-state index in [1.165, 1.54) is 12.8 Å². The van der Waals surface area contributed by atoms with Gasteiger partial charge in [-0.2, -0.15) is 0 Å². The van der Waals surface area contributed by atoms with Gasteiger partial charge in [-0.15, -0.1) is 0 Å². The number of aromatic nitrogens is 2. The molecule has 136 valence electrons. The number of amides is 1. The molecule has 2 aliphatic heterocycles. The maximum Gasteiger partial charge on any atom is 0.225 e. The van der Waals surface area contributed by atoms with E-state index in [-0.39, 0.29) is 17.2 Å². The maximum atomic E-state index is 12.4. The molecule has 0 bridgehead atoms. The van der Waals surface area contributed by atoms with Crippen molar-refractivity contribution in [3.05, 3.63) is 17.0 Å². The fourth-order valence-corrected chi connectivity index (χ4v) is 4.00. The summed E-state index contributed by atoms with van der Waals surface area (Å²) in [7, 11) is 0. The summed E-state index contributed by atoms with van der Waals surface area (Å²) < 4.78 is 5.91. The average molecular weight is 344 g/mol. The molecule has 2 fully saturated rings. The highest BCUT2D eigenvalue weighted by Crippen LogP contribution is 2.40. The van der Waals surface area contributed by atoms with Crippen molar-refractivity contribution in [2.45, 2.75) is 52.1 Å². The lowest BCUT2D eigenvalue weighted by atomic mass is 9.80. The monoisotopic (exact) mass is 344 g/mol. The number of hydrogen-bond donors (Lipinski definition) is 1. The van der Waals surface area contributed by atoms with E-state index in [0.717, 1.165) is 48.3 Å². The van der Waals surface area contributed by atoms with Gasteiger partial charge >= 0.3 is 0 Å². The Kier molecular flexibility index (Phi) is 4.18. The fourth-order valence-electron chi connectivity index (χ4n) is 4.00. The minimum atomic E-state index is -0.179. The van der Waals surface area contributed by atoms with E-state index < -0.39 is 0 Å². The second kappa shape index (κ2) is 6.24. The van der Waals surface area contributed by atoms with Gasteiger partial charge in [-0.05, 0) is 32.1 Å². The summed E-state index contributed by atoms with van der Waals surface area (Å²) in [6.07, 6.45) is 3.53. The summed E-state index contributed by atoms with van der Waals surface area (Å²) in [5.74, 6) is 1.77. The number of anilines is 1. The topological polar surface area (TPSA) is 67.4 Å². The standard InChI is InChI=1S/C19H28N4O2/c1-12(2)17(24)23-7-6-19(10-23)11-25-9-15-13(3)21-18(22-16(15)19)20-8-14-4-5-14/h12,14H,4-11H2,1-3H3,(H,20,21,22)/t19-/m0/s1. The Labute approximate surface area is 149 Å². The molecule has 1 aromatic rings. The van der Waals surface area contributed by atoms with E-state index in [9.17, 15) is 4.79 Å². The van der Waals surface area contributed by atoms with Crippen LogP contribution in [0.4, 0.5) is 5.95 Å². The molecule has 0 radical (unpaired) electrons. The van der Waals surface area contributed by atoms with Crippen molar-refractivity contribution in [1.29, 1.82) is 0 Å². The first-order valence-electron chi connectivity index (χ1n) is 9.47. The summed E-state index contributed by atoms with van der Waals surface area (Å²) in [5, 5.41) is 3.41. The van der Waals surface area contributed by atoms with E-state index in [0.29, 0.717) is 19.8 Å². The van der Waals surface area contributed by atoms with Gasteiger partial charge in [0.25, 0.3) is 0 Å². The Hall–Kier alpha value is -1.69. The Morgan fingerprint density at radius 2 is 2.20 bits per heavy atom. The van der Waals surface area contributed by atoms with Crippen LogP contribution in [0.25, 0.3) is 0 Å². The van der Waals surface area contributed by atoms with E-state index >= 15 is 0 Å². The quantitative estimate of drug-likeness (QED) is 0.907. The summed E-state index contributed by atoms with van der Waals surface area (Å²) in [4.78, 5) is 24.0. The molecule has 1 atom stereocenters. The van der Waals surface area contributed by atoms with Crippen LogP contribution in [0.3, 0.4) is 0 Å². The van der Waals surface area contributed by atoms with E-state index in [1.54, 1.807) is 0 Å². The lowest BCUT2D eigenvalue weighted by Crippen LogP contribution is -2.42. The van der Waals surface area contributed by atoms with Gasteiger partial charge in [-0.1, -0.05) is 13.8 Å². The minimum absolute atomic E-state index is 0.0297. The van der Waals surface area contributed by atoms with Crippen molar-refractivity contribution in [3.63, 3.8) is 0 Å². The first kappa shape index (κ1) is 16.8. The number of likely N-dealkylation sites (tertiary alicyclic amines) is 1. The number of fused-ring (bicyclic) bond motifs is 2. The van der Waals surface area contributed by atoms with Crippen molar-refractivity contribution < 1.29 is 9.53 Å². The Balaban J connectivity index is 1.62. The molecule has 4 rings (SSSR count). The average Bonchev–Trinajstić information content (AvgIpc) is 3.33. The third kappa shape index (κ3) is 3.12. The first-order chi connectivity index (χ1) is 12.0. The lowest BCUT2D eigenvalue weighted by molar-refractivity contribution is -0.133. The van der Waals surface area contributed by atoms with Gasteiger partial charge in [0.05, 0.1) is 24.3 Å². The van der Waals surface area contributed by atoms with E-state index in [4.69, 9.17) is 9.72 Å². The van der Waals surface area contributed by atoms with Crippen LogP contribution in [0.1, 0.15) is 50.1 Å². The van der Waals surface area contributed by atoms with Crippen LogP contribution in [0, 0.1) is 18.8 Å². The molecule has 3 aliphatic rings. The molecule has 25 heavy (non-hydrogen) atoms. The van der Waals surface area contributed by atoms with Crippen LogP contribution in [0.15, 0.2) is 0 Å². The number of carbonyl (C=O) groups excluding carboxylic acids is 1. The number of nitrogens with one attached hydrogen (secondary N) is 1. The first-order valence-corrected chi connectivity index (χ1v) is 9.47. The molecule has 6 nitrogen and oxygen atoms in total. The van der Waals surface area contributed by atoms with Gasteiger partial charge < -0.3 is 15.0 Å². The molecule has 1 amide bonds. The molecular formula is C19H28N4O2. The predicted octanol–water partition coefficient (Wildman–Crippen LogP) is 2.26. The zero-order valence-corrected chi connectivity index (χ0v) is 15.5. The molecule has 1 aromatic heterocycles. The summed E-state index contributed by atoms with van der Waals surface area (Å²) in [6.45, 7) is 9.63. The number of carbonyl (C=O) groups is 1. The summed E-state index contributed by atoms with van der Waals surface area (Å²) >= 11 is 0. The van der Waals surface area contributed by atoms with Crippen molar-refractivity contribution in [3.8, 4) is 0 Å². The van der Waals surface area contributed by atoms with E-state index in [1.807, 2.05) is 25.7 Å². The molecule has 3 heterocycles. The third-order valence-electron chi connectivity index (χ3n) is 5.75. The molecule has 0 aromatic carbocycles. The largest absolute Gasteiger partial charge is 0.376 e. The molecule has 1 spiro atoms. The normalized spacial score (nSPS) is 25.5. The van der Waals surface area contributed by atoms with Gasteiger partial charge in [-0.3, -0.25) is 4.79 Å². The van der Waals surface area contributed by atoms with Crippen LogP contribution >= 0.6 is 0 Å². The molecule has 1 aliphatic carbocycles. The van der Waals surface area contributed by atoms with E-state index in [2.05, 4.69) is 10.3 Å². The smallest absolute Gasteiger partial charge is 0.225 e. The van der Waals surface area contributed by atoms with Gasteiger partial charge in [0.15, 0.2) is 0 Å². The van der Waals surface area contributed by atoms with Gasteiger partial charge in [0, 0.05) is 36.8 Å². The van der Waals surface area contributed by atoms with Gasteiger partial charge in [0.1, 0.15) is 0 Å². The number of ether oxygens (including phenoxy) is 1. The van der Waals surface area contributed by atoms with Crippen LogP contribution in [0.5, 0.6) is 0 Å². The SMILES string of the molecule is Cc1nc(NCC2CC2)nc2c1COC[C@@]21CCN(C(=O)C(C)C)C1. The predicted molar refractivity (Wildman–Crippen MR) is 95.4 cm³/mol. The van der Waals surface area contributed by atoms with Gasteiger partial charge in [-0.25, -0.2) is 9.97 Å². The van der Waals surface area contributed by atoms with Crippen LogP contribution in [-0.4, -0.2) is 47.0 Å². The molecular weight excluding hydrogens is 316 g/mol. The van der Waals surface area contributed by atoms with Crippen molar-refractivity contribution in [2.24, 2.45) is 11.8 Å². The third-order valence-corrected chi connectivity index (χ3v) is 5.75. The second-order valence-corrected chi connectivity index (χ2v) is 8.22. The van der Waals surface area contributed by atoms with Gasteiger partial charge in [0.2, 0.25) is 11.9 Å². The zero-order chi connectivity index (χ0) is 17.6. The molecule has 1 N–H and O–H groups in total. The molecule has 6 heteroatoms. The Morgan fingerprint density at radius 3 is 2.92 bits per heavy atom. The maximum absolute atomic E-state index is 12.4.